The smallest absolute Gasteiger partial charge is 0.294 e. The van der Waals surface area contributed by atoms with E-state index in [4.69, 9.17) is 5.11 Å². The summed E-state index contributed by atoms with van der Waals surface area (Å²) in [6.07, 6.45) is 0. The Morgan fingerprint density at radius 1 is 1.58 bits per heavy atom. The van der Waals surface area contributed by atoms with Crippen LogP contribution in [0.2, 0.25) is 0 Å². The summed E-state index contributed by atoms with van der Waals surface area (Å²) in [7, 11) is 0. The molecule has 0 heterocycles. The molecule has 1 aromatic carbocycles. The first kappa shape index (κ1) is 8.32. The van der Waals surface area contributed by atoms with E-state index in [1.165, 1.54) is 12.1 Å². The van der Waals surface area contributed by atoms with Crippen LogP contribution in [0, 0.1) is 10.1 Å². The summed E-state index contributed by atoms with van der Waals surface area (Å²) in [5.74, 6) is 0.0689. The predicted molar refractivity (Wildman–Crippen MR) is 39.9 cm³/mol. The summed E-state index contributed by atoms with van der Waals surface area (Å²) in [5.41, 5.74) is 0.562. The Kier molecular flexibility index (Phi) is 2.47. The normalized spacial score (nSPS) is 9.33. The molecule has 0 atom stereocenters. The highest BCUT2D eigenvalue weighted by molar-refractivity contribution is 5.26. The lowest BCUT2D eigenvalue weighted by Crippen LogP contribution is -1.99. The fourth-order valence-electron chi connectivity index (χ4n) is 0.773. The van der Waals surface area contributed by atoms with Gasteiger partial charge in [-0.15, -0.1) is 10.1 Å². The van der Waals surface area contributed by atoms with Crippen molar-refractivity contribution in [3.8, 4) is 5.75 Å². The van der Waals surface area contributed by atoms with Gasteiger partial charge in [0, 0.05) is 0 Å². The van der Waals surface area contributed by atoms with Gasteiger partial charge in [0.05, 0.1) is 0 Å². The van der Waals surface area contributed by atoms with E-state index in [1.54, 1.807) is 12.1 Å². The third kappa shape index (κ3) is 2.45. The molecule has 0 fully saturated rings. The van der Waals surface area contributed by atoms with Crippen molar-refractivity contribution >= 4 is 0 Å². The summed E-state index contributed by atoms with van der Waals surface area (Å²) >= 11 is 0. The molecule has 0 saturated carbocycles. The molecule has 0 amide bonds. The van der Waals surface area contributed by atoms with Crippen molar-refractivity contribution in [2.75, 3.05) is 0 Å². The third-order valence-electron chi connectivity index (χ3n) is 1.25. The van der Waals surface area contributed by atoms with Crippen molar-refractivity contribution in [2.24, 2.45) is 0 Å². The summed E-state index contributed by atoms with van der Waals surface area (Å²) in [4.78, 5) is 13.9. The molecule has 0 aliphatic heterocycles. The molecule has 0 aliphatic carbocycles. The van der Waals surface area contributed by atoms with Crippen LogP contribution in [0.3, 0.4) is 0 Å². The van der Waals surface area contributed by atoms with E-state index < -0.39 is 5.09 Å². The molecule has 0 aliphatic rings. The number of rotatable bonds is 3. The van der Waals surface area contributed by atoms with E-state index in [2.05, 4.69) is 4.84 Å². The Morgan fingerprint density at radius 2 is 2.33 bits per heavy atom. The van der Waals surface area contributed by atoms with Crippen LogP contribution < -0.4 is 0 Å². The van der Waals surface area contributed by atoms with E-state index in [9.17, 15) is 10.1 Å². The van der Waals surface area contributed by atoms with Gasteiger partial charge >= 0.3 is 0 Å². The van der Waals surface area contributed by atoms with Crippen LogP contribution in [0.15, 0.2) is 24.3 Å². The highest BCUT2D eigenvalue weighted by Crippen LogP contribution is 2.11. The molecule has 0 bridgehead atoms. The van der Waals surface area contributed by atoms with E-state index in [0.717, 1.165) is 0 Å². The second kappa shape index (κ2) is 3.56. The molecule has 0 spiro atoms. The van der Waals surface area contributed by atoms with Gasteiger partial charge in [-0.2, -0.15) is 0 Å². The average molecular weight is 169 g/mol. The van der Waals surface area contributed by atoms with E-state index in [1.807, 2.05) is 0 Å². The van der Waals surface area contributed by atoms with E-state index in [0.29, 0.717) is 5.56 Å². The quantitative estimate of drug-likeness (QED) is 0.543. The van der Waals surface area contributed by atoms with Crippen LogP contribution in [-0.4, -0.2) is 10.2 Å². The van der Waals surface area contributed by atoms with E-state index >= 15 is 0 Å². The first-order chi connectivity index (χ1) is 5.68. The first-order valence-corrected chi connectivity index (χ1v) is 3.23. The molecular formula is C7H7NO4. The summed E-state index contributed by atoms with van der Waals surface area (Å²) in [5, 5.41) is 17.9. The zero-order valence-corrected chi connectivity index (χ0v) is 6.14. The fraction of sp³-hybridized carbons (Fsp3) is 0.143. The van der Waals surface area contributed by atoms with Crippen molar-refractivity contribution in [1.29, 1.82) is 0 Å². The Balaban J connectivity index is 2.57. The van der Waals surface area contributed by atoms with Gasteiger partial charge in [0.1, 0.15) is 12.4 Å². The monoisotopic (exact) mass is 169 g/mol. The zero-order valence-electron chi connectivity index (χ0n) is 6.14. The number of aromatic hydroxyl groups is 1. The van der Waals surface area contributed by atoms with Crippen LogP contribution in [0.4, 0.5) is 0 Å². The number of hydrogen-bond acceptors (Lipinski definition) is 4. The lowest BCUT2D eigenvalue weighted by molar-refractivity contribution is -0.763. The molecule has 0 aromatic heterocycles. The lowest BCUT2D eigenvalue weighted by Gasteiger charge is -1.98. The minimum Gasteiger partial charge on any atom is -0.508 e. The van der Waals surface area contributed by atoms with Gasteiger partial charge in [0.2, 0.25) is 0 Å². The molecule has 64 valence electrons. The van der Waals surface area contributed by atoms with Gasteiger partial charge < -0.3 is 9.94 Å². The standard InChI is InChI=1S/C7H7NO4/c9-7-3-1-2-6(4-7)5-12-8(10)11/h1-4,9H,5H2. The molecule has 12 heavy (non-hydrogen) atoms. The number of hydrogen-bond donors (Lipinski definition) is 1. The lowest BCUT2D eigenvalue weighted by atomic mass is 10.2. The summed E-state index contributed by atoms with van der Waals surface area (Å²) < 4.78 is 0. The molecule has 1 N–H and O–H groups in total. The largest absolute Gasteiger partial charge is 0.508 e. The Morgan fingerprint density at radius 3 is 2.92 bits per heavy atom. The molecule has 5 heteroatoms. The fourth-order valence-corrected chi connectivity index (χ4v) is 0.773. The van der Waals surface area contributed by atoms with E-state index in [-0.39, 0.29) is 12.4 Å². The number of phenols is 1. The minimum atomic E-state index is -0.871. The van der Waals surface area contributed by atoms with Crippen molar-refractivity contribution in [2.45, 2.75) is 6.61 Å². The van der Waals surface area contributed by atoms with Crippen LogP contribution in [0.1, 0.15) is 5.56 Å². The van der Waals surface area contributed by atoms with Gasteiger partial charge in [0.25, 0.3) is 5.09 Å². The topological polar surface area (TPSA) is 72.6 Å². The average Bonchev–Trinajstić information content (AvgIpc) is 2.01. The zero-order chi connectivity index (χ0) is 8.97. The van der Waals surface area contributed by atoms with Gasteiger partial charge in [-0.05, 0) is 17.7 Å². The highest BCUT2D eigenvalue weighted by atomic mass is 16.9. The Bertz CT molecular complexity index is 286. The Hall–Kier alpha value is -1.78. The van der Waals surface area contributed by atoms with Crippen molar-refractivity contribution in [3.63, 3.8) is 0 Å². The molecule has 0 unspecified atom stereocenters. The number of nitrogens with zero attached hydrogens (tertiary/aromatic N) is 1. The Labute approximate surface area is 68.3 Å². The van der Waals surface area contributed by atoms with Gasteiger partial charge in [-0.25, -0.2) is 0 Å². The van der Waals surface area contributed by atoms with Crippen molar-refractivity contribution in [1.82, 2.24) is 0 Å². The molecule has 1 rings (SSSR count). The van der Waals surface area contributed by atoms with Gasteiger partial charge in [-0.1, -0.05) is 12.1 Å². The minimum absolute atomic E-state index is 0.0689. The maximum Gasteiger partial charge on any atom is 0.294 e. The van der Waals surface area contributed by atoms with Gasteiger partial charge in [-0.3, -0.25) is 0 Å². The molecule has 5 nitrogen and oxygen atoms in total. The third-order valence-corrected chi connectivity index (χ3v) is 1.25. The summed E-state index contributed by atoms with van der Waals surface area (Å²) in [6, 6.07) is 6.11. The maximum absolute atomic E-state index is 9.78. The molecule has 1 aromatic rings. The van der Waals surface area contributed by atoms with Crippen molar-refractivity contribution < 1.29 is 15.0 Å². The first-order valence-electron chi connectivity index (χ1n) is 3.23. The van der Waals surface area contributed by atoms with Crippen LogP contribution >= 0.6 is 0 Å². The maximum atomic E-state index is 9.78. The second-order valence-electron chi connectivity index (χ2n) is 2.17. The van der Waals surface area contributed by atoms with Crippen LogP contribution in [0.5, 0.6) is 5.75 Å². The van der Waals surface area contributed by atoms with Crippen molar-refractivity contribution in [3.05, 3.63) is 39.9 Å². The predicted octanol–water partition coefficient (Wildman–Crippen LogP) is 1.10. The highest BCUT2D eigenvalue weighted by Gasteiger charge is 1.97. The van der Waals surface area contributed by atoms with Crippen LogP contribution in [-0.2, 0) is 11.4 Å². The molecule has 0 saturated heterocycles. The molecule has 0 radical (unpaired) electrons. The number of phenolic OH excluding ortho intramolecular Hbond substituents is 1. The molecular weight excluding hydrogens is 162 g/mol. The summed E-state index contributed by atoms with van der Waals surface area (Å²) in [6.45, 7) is -0.138. The van der Waals surface area contributed by atoms with Gasteiger partial charge in [0.15, 0.2) is 0 Å². The number of benzene rings is 1. The van der Waals surface area contributed by atoms with Crippen LogP contribution in [0.25, 0.3) is 0 Å². The SMILES string of the molecule is O=[N+]([O-])OCc1cccc(O)c1. The second-order valence-corrected chi connectivity index (χ2v) is 2.17.